The number of benzene rings is 3. The lowest BCUT2D eigenvalue weighted by Gasteiger charge is -2.40. The minimum absolute atomic E-state index is 0.0854. The Hall–Kier alpha value is -3.65. The first-order chi connectivity index (χ1) is 20.4. The zero-order valence-corrected chi connectivity index (χ0v) is 24.8. The fraction of sp³-hybridized carbons (Fsp3) is 0.400. The van der Waals surface area contributed by atoms with Crippen molar-refractivity contribution in [3.8, 4) is 16.9 Å². The zero-order chi connectivity index (χ0) is 28.9. The molecule has 3 aromatic rings. The van der Waals surface area contributed by atoms with Crippen molar-refractivity contribution in [1.82, 2.24) is 0 Å². The van der Waals surface area contributed by atoms with Crippen molar-refractivity contribution in [3.05, 3.63) is 83.4 Å². The summed E-state index contributed by atoms with van der Waals surface area (Å²) < 4.78 is 18.0. The van der Waals surface area contributed by atoms with E-state index in [1.165, 1.54) is 11.3 Å². The molecular weight excluding hydrogens is 526 g/mol. The van der Waals surface area contributed by atoms with Crippen LogP contribution in [-0.4, -0.2) is 76.7 Å². The normalized spacial score (nSPS) is 18.0. The summed E-state index contributed by atoms with van der Waals surface area (Å²) in [6.07, 6.45) is 4.74. The smallest absolute Gasteiger partial charge is 0.251 e. The molecule has 3 aromatic carbocycles. The van der Waals surface area contributed by atoms with Crippen molar-refractivity contribution in [1.29, 1.82) is 0 Å². The highest BCUT2D eigenvalue weighted by Gasteiger charge is 2.30. The van der Waals surface area contributed by atoms with E-state index in [4.69, 9.17) is 14.2 Å². The number of hydrogen-bond acceptors (Lipinski definition) is 5. The number of carbonyl (C=O) groups excluding carboxylic acids is 1. The first-order valence-corrected chi connectivity index (χ1v) is 15.2. The third-order valence-corrected chi connectivity index (χ3v) is 8.82. The maximum atomic E-state index is 13.3. The van der Waals surface area contributed by atoms with Gasteiger partial charge in [0.15, 0.2) is 0 Å². The molecule has 1 amide bonds. The first kappa shape index (κ1) is 28.5. The average Bonchev–Trinajstić information content (AvgIpc) is 3.25. The van der Waals surface area contributed by atoms with E-state index in [9.17, 15) is 4.79 Å². The highest BCUT2D eigenvalue weighted by Crippen LogP contribution is 2.32. The molecule has 2 saturated heterocycles. The van der Waals surface area contributed by atoms with Crippen LogP contribution in [0.4, 0.5) is 11.4 Å². The van der Waals surface area contributed by atoms with Gasteiger partial charge < -0.3 is 28.9 Å². The lowest BCUT2D eigenvalue weighted by atomic mass is 10.0. The number of anilines is 2. The Morgan fingerprint density at radius 3 is 2.29 bits per heavy atom. The molecule has 0 bridgehead atoms. The average molecular weight is 569 g/mol. The van der Waals surface area contributed by atoms with Crippen LogP contribution in [0.1, 0.15) is 30.4 Å². The van der Waals surface area contributed by atoms with E-state index < -0.39 is 0 Å². The Kier molecular flexibility index (Phi) is 8.60. The maximum absolute atomic E-state index is 13.3. The Bertz CT molecular complexity index is 1400. The van der Waals surface area contributed by atoms with Gasteiger partial charge in [0.05, 0.1) is 53.2 Å². The summed E-state index contributed by atoms with van der Waals surface area (Å²) in [7, 11) is 4.60. The summed E-state index contributed by atoms with van der Waals surface area (Å²) >= 11 is 0. The molecule has 0 aliphatic carbocycles. The molecule has 0 saturated carbocycles. The summed E-state index contributed by atoms with van der Waals surface area (Å²) in [4.78, 5) is 15.7. The number of ether oxygens (including phenoxy) is 3. The summed E-state index contributed by atoms with van der Waals surface area (Å²) in [6, 6.07) is 23.8. The molecule has 0 unspecified atom stereocenters. The molecule has 3 aliphatic heterocycles. The Balaban J connectivity index is 1.12. The van der Waals surface area contributed by atoms with Gasteiger partial charge in [0.1, 0.15) is 12.3 Å². The van der Waals surface area contributed by atoms with E-state index in [0.717, 1.165) is 97.1 Å². The Morgan fingerprint density at radius 2 is 1.55 bits per heavy atom. The first-order valence-electron chi connectivity index (χ1n) is 15.2. The number of carbonyl (C=O) groups is 1. The topological polar surface area (TPSA) is 60.0 Å². The van der Waals surface area contributed by atoms with E-state index in [0.29, 0.717) is 19.1 Å². The summed E-state index contributed by atoms with van der Waals surface area (Å²) in [5.74, 6) is 0.721. The lowest BCUT2D eigenvalue weighted by Crippen LogP contribution is -2.50. The van der Waals surface area contributed by atoms with Crippen molar-refractivity contribution in [2.75, 3.05) is 70.4 Å². The van der Waals surface area contributed by atoms with Crippen LogP contribution in [0.15, 0.2) is 72.3 Å². The quantitative estimate of drug-likeness (QED) is 0.368. The molecule has 0 aromatic heterocycles. The molecular formula is C35H42N3O4+. The van der Waals surface area contributed by atoms with Crippen molar-refractivity contribution >= 4 is 23.4 Å². The number of hydrogen-bond donors (Lipinski definition) is 1. The van der Waals surface area contributed by atoms with Gasteiger partial charge in [-0.25, -0.2) is 0 Å². The van der Waals surface area contributed by atoms with Gasteiger partial charge >= 0.3 is 0 Å². The number of fused-ring (bicyclic) bond motifs is 1. The van der Waals surface area contributed by atoms with E-state index in [1.807, 2.05) is 24.3 Å². The van der Waals surface area contributed by atoms with Gasteiger partial charge in [0.2, 0.25) is 0 Å². The van der Waals surface area contributed by atoms with E-state index >= 15 is 0 Å². The van der Waals surface area contributed by atoms with Crippen LogP contribution in [0.25, 0.3) is 17.2 Å². The van der Waals surface area contributed by atoms with Crippen LogP contribution in [-0.2, 0) is 20.8 Å². The summed E-state index contributed by atoms with van der Waals surface area (Å²) in [5.41, 5.74) is 7.17. The van der Waals surface area contributed by atoms with Gasteiger partial charge in [0.25, 0.3) is 5.91 Å². The molecule has 1 N–H and O–H groups in total. The Morgan fingerprint density at radius 1 is 0.857 bits per heavy atom. The molecule has 0 spiro atoms. The second kappa shape index (κ2) is 12.7. The third kappa shape index (κ3) is 6.70. The second-order valence-corrected chi connectivity index (χ2v) is 12.1. The minimum Gasteiger partial charge on any atom is -0.493 e. The second-order valence-electron chi connectivity index (χ2n) is 12.1. The van der Waals surface area contributed by atoms with E-state index in [1.54, 1.807) is 0 Å². The standard InChI is InChI=1S/C35H41N3O4/c1-38(2,33-14-18-40-19-15-33)25-26-3-8-31(9-4-26)36-35(39)29-13-20-42-34-12-7-28(23-30(34)24-29)27-5-10-32(11-6-27)37-16-21-41-22-17-37/h3-12,23-24,33H,13-22,25H2,1-2H3/p+1. The van der Waals surface area contributed by atoms with Crippen molar-refractivity contribution in [3.63, 3.8) is 0 Å². The van der Waals surface area contributed by atoms with Gasteiger partial charge in [0, 0.05) is 60.4 Å². The molecule has 7 nitrogen and oxygen atoms in total. The number of quaternary nitrogens is 1. The summed E-state index contributed by atoms with van der Waals surface area (Å²) in [6.45, 7) is 6.52. The summed E-state index contributed by atoms with van der Waals surface area (Å²) in [5, 5.41) is 3.11. The number of nitrogens with one attached hydrogen (secondary N) is 1. The maximum Gasteiger partial charge on any atom is 0.251 e. The van der Waals surface area contributed by atoms with Crippen molar-refractivity contribution in [2.45, 2.75) is 31.8 Å². The Labute approximate surface area is 249 Å². The molecule has 0 atom stereocenters. The van der Waals surface area contributed by atoms with E-state index in [-0.39, 0.29) is 5.91 Å². The van der Waals surface area contributed by atoms with Crippen molar-refractivity contribution < 1.29 is 23.5 Å². The molecule has 7 heteroatoms. The largest absolute Gasteiger partial charge is 0.493 e. The highest BCUT2D eigenvalue weighted by molar-refractivity contribution is 6.07. The van der Waals surface area contributed by atoms with Gasteiger partial charge in [-0.2, -0.15) is 0 Å². The fourth-order valence-electron chi connectivity index (χ4n) is 6.26. The molecule has 2 fully saturated rings. The van der Waals surface area contributed by atoms with Crippen molar-refractivity contribution in [2.24, 2.45) is 0 Å². The van der Waals surface area contributed by atoms with Gasteiger partial charge in [-0.05, 0) is 53.6 Å². The number of morpholine rings is 1. The highest BCUT2D eigenvalue weighted by atomic mass is 16.5. The monoisotopic (exact) mass is 568 g/mol. The van der Waals surface area contributed by atoms with Gasteiger partial charge in [-0.3, -0.25) is 4.79 Å². The molecule has 6 rings (SSSR count). The molecule has 3 aliphatic rings. The minimum atomic E-state index is -0.0854. The van der Waals surface area contributed by atoms with Crippen LogP contribution in [0, 0.1) is 0 Å². The van der Waals surface area contributed by atoms with Gasteiger partial charge in [-0.1, -0.05) is 30.3 Å². The third-order valence-electron chi connectivity index (χ3n) is 8.82. The molecule has 220 valence electrons. The number of nitrogens with zero attached hydrogens (tertiary/aromatic N) is 2. The molecule has 42 heavy (non-hydrogen) atoms. The van der Waals surface area contributed by atoms with E-state index in [2.05, 4.69) is 72.8 Å². The number of amides is 1. The van der Waals surface area contributed by atoms with Crippen LogP contribution in [0.2, 0.25) is 0 Å². The fourth-order valence-corrected chi connectivity index (χ4v) is 6.26. The molecule has 0 radical (unpaired) electrons. The van der Waals surface area contributed by atoms with Crippen LogP contribution >= 0.6 is 0 Å². The van der Waals surface area contributed by atoms with Crippen LogP contribution < -0.4 is 15.0 Å². The predicted octanol–water partition coefficient (Wildman–Crippen LogP) is 5.75. The lowest BCUT2D eigenvalue weighted by molar-refractivity contribution is -0.929. The predicted molar refractivity (Wildman–Crippen MR) is 168 cm³/mol. The van der Waals surface area contributed by atoms with Crippen LogP contribution in [0.5, 0.6) is 5.75 Å². The number of rotatable bonds is 7. The van der Waals surface area contributed by atoms with Gasteiger partial charge in [-0.15, -0.1) is 0 Å². The zero-order valence-electron chi connectivity index (χ0n) is 24.8. The SMILES string of the molecule is C[N+](C)(Cc1ccc(NC(=O)C2=Cc3cc(-c4ccc(N5CCOCC5)cc4)ccc3OCC2)cc1)C1CCOCC1. The van der Waals surface area contributed by atoms with Crippen LogP contribution in [0.3, 0.4) is 0 Å². The molecule has 3 heterocycles.